The lowest BCUT2D eigenvalue weighted by molar-refractivity contribution is -0.283. The fourth-order valence-corrected chi connectivity index (χ4v) is 12.3. The highest BCUT2D eigenvalue weighted by Gasteiger charge is 2.83. The minimum atomic E-state index is -2.12. The van der Waals surface area contributed by atoms with Crippen LogP contribution in [-0.4, -0.2) is 93.2 Å². The van der Waals surface area contributed by atoms with Gasteiger partial charge in [-0.15, -0.1) is 0 Å². The van der Waals surface area contributed by atoms with Crippen molar-refractivity contribution in [2.24, 2.45) is 63.6 Å². The summed E-state index contributed by atoms with van der Waals surface area (Å²) in [5, 5.41) is 35.4. The molecule has 3 N–H and O–H groups in total. The van der Waals surface area contributed by atoms with Crippen LogP contribution in [0.15, 0.2) is 11.8 Å². The van der Waals surface area contributed by atoms with Gasteiger partial charge in [0.25, 0.3) is 0 Å². The zero-order chi connectivity index (χ0) is 38.1. The van der Waals surface area contributed by atoms with Crippen LogP contribution in [0.4, 0.5) is 0 Å². The van der Waals surface area contributed by atoms with Gasteiger partial charge in [-0.3, -0.25) is 24.0 Å². The number of hydrogen-bond donors (Lipinski definition) is 3. The van der Waals surface area contributed by atoms with Crippen molar-refractivity contribution < 1.29 is 67.8 Å². The van der Waals surface area contributed by atoms with Crippen molar-refractivity contribution in [3.8, 4) is 0 Å². The number of aliphatic hydroxyl groups excluding tert-OH is 2. The minimum absolute atomic E-state index is 0.0924. The number of hydrogen-bond acceptors (Lipinski definition) is 14. The fourth-order valence-electron chi connectivity index (χ4n) is 12.3. The van der Waals surface area contributed by atoms with E-state index < -0.39 is 141 Å². The summed E-state index contributed by atoms with van der Waals surface area (Å²) in [5.41, 5.74) is -6.40. The highest BCUT2D eigenvalue weighted by atomic mass is 16.6. The van der Waals surface area contributed by atoms with E-state index in [1.54, 1.807) is 33.8 Å². The summed E-state index contributed by atoms with van der Waals surface area (Å²) < 4.78 is 30.2. The molecule has 0 radical (unpaired) electrons. The van der Waals surface area contributed by atoms with E-state index in [0.29, 0.717) is 0 Å². The molecule has 0 bridgehead atoms. The molecular weight excluding hydrogens is 668 g/mol. The number of ether oxygens (including phenoxy) is 5. The maximum absolute atomic E-state index is 14.6. The molecule has 6 aliphatic rings. The highest BCUT2D eigenvalue weighted by Crippen LogP contribution is 2.75. The smallest absolute Gasteiger partial charge is 0.343 e. The zero-order valence-corrected chi connectivity index (χ0v) is 30.7. The van der Waals surface area contributed by atoms with E-state index in [0.717, 1.165) is 0 Å². The van der Waals surface area contributed by atoms with Crippen molar-refractivity contribution in [2.75, 3.05) is 0 Å². The van der Waals surface area contributed by atoms with Gasteiger partial charge in [-0.2, -0.15) is 0 Å². The molecule has 0 aromatic rings. The third-order valence-corrected chi connectivity index (χ3v) is 14.2. The van der Waals surface area contributed by atoms with E-state index in [1.807, 2.05) is 6.92 Å². The van der Waals surface area contributed by atoms with Crippen molar-refractivity contribution in [1.82, 2.24) is 0 Å². The molecule has 1 heterocycles. The summed E-state index contributed by atoms with van der Waals surface area (Å²) >= 11 is 0. The van der Waals surface area contributed by atoms with Gasteiger partial charge < -0.3 is 39.0 Å². The Morgan fingerprint density at radius 1 is 0.745 bits per heavy atom. The number of rotatable bonds is 4. The molecule has 0 unspecified atom stereocenters. The predicted octanol–water partition coefficient (Wildman–Crippen LogP) is 1.64. The molecule has 1 aliphatic heterocycles. The van der Waals surface area contributed by atoms with Gasteiger partial charge in [-0.25, -0.2) is 4.79 Å². The number of fused-ring (bicyclic) bond motifs is 9. The van der Waals surface area contributed by atoms with Crippen LogP contribution in [0.5, 0.6) is 0 Å². The molecule has 0 aromatic carbocycles. The number of carbonyl (C=O) groups is 6. The first-order valence-corrected chi connectivity index (χ1v) is 17.7. The van der Waals surface area contributed by atoms with Crippen LogP contribution in [0.3, 0.4) is 0 Å². The number of ketones is 1. The normalized spacial score (nSPS) is 51.0. The van der Waals surface area contributed by atoms with E-state index in [9.17, 15) is 44.1 Å². The Balaban J connectivity index is 1.70. The molecule has 6 rings (SSSR count). The molecule has 14 heteroatoms. The first-order valence-electron chi connectivity index (χ1n) is 17.7. The second-order valence-electron chi connectivity index (χ2n) is 16.7. The van der Waals surface area contributed by atoms with Crippen LogP contribution in [0.2, 0.25) is 0 Å². The van der Waals surface area contributed by atoms with E-state index >= 15 is 0 Å². The van der Waals surface area contributed by atoms with Crippen LogP contribution in [0.1, 0.15) is 75.7 Å². The molecule has 4 saturated carbocycles. The summed E-state index contributed by atoms with van der Waals surface area (Å²) in [5.74, 6) is -11.4. The first kappa shape index (κ1) is 37.4. The number of esters is 5. The van der Waals surface area contributed by atoms with E-state index in [2.05, 4.69) is 0 Å². The maximum atomic E-state index is 14.6. The van der Waals surface area contributed by atoms with Crippen molar-refractivity contribution in [1.29, 1.82) is 0 Å². The van der Waals surface area contributed by atoms with Gasteiger partial charge in [0, 0.05) is 74.0 Å². The molecule has 0 spiro atoms. The lowest BCUT2D eigenvalue weighted by Gasteiger charge is -2.66. The molecule has 5 aliphatic carbocycles. The van der Waals surface area contributed by atoms with Crippen LogP contribution in [0, 0.1) is 63.6 Å². The molecular formula is C37H50O14. The minimum Gasteiger partial charge on any atom is -0.462 e. The van der Waals surface area contributed by atoms with Crippen LogP contribution < -0.4 is 0 Å². The van der Waals surface area contributed by atoms with Crippen molar-refractivity contribution in [3.63, 3.8) is 0 Å². The van der Waals surface area contributed by atoms with Gasteiger partial charge in [0.05, 0.1) is 11.5 Å². The Morgan fingerprint density at radius 2 is 1.25 bits per heavy atom. The predicted molar refractivity (Wildman–Crippen MR) is 172 cm³/mol. The molecule has 282 valence electrons. The lowest BCUT2D eigenvalue weighted by Crippen LogP contribution is -2.75. The maximum Gasteiger partial charge on any atom is 0.343 e. The van der Waals surface area contributed by atoms with Gasteiger partial charge in [-0.05, 0) is 38.2 Å². The SMILES string of the molecule is CC(=O)O[C@@H]1[C@H]2[C@H]3[C@H]([C@H](OC(C)=O)[C@H](OC(C)=O)[C@]2(C)[C@@H]2[C@@H]1[C@]1(C)C(=C[C@H]2C)OC(=O)[C@@]1(C)O)[C@]1(C)[C@H](C[C@@H](O)[C@H](C)[C@@H]1OC(C)=O)C(=O)[C@@H]3O. The zero-order valence-electron chi connectivity index (χ0n) is 30.7. The Morgan fingerprint density at radius 3 is 1.80 bits per heavy atom. The quantitative estimate of drug-likeness (QED) is 0.279. The number of carbonyl (C=O) groups excluding carboxylic acids is 6. The topological polar surface area (TPSA) is 209 Å². The van der Waals surface area contributed by atoms with Crippen molar-refractivity contribution in [3.05, 3.63) is 11.8 Å². The number of aliphatic hydroxyl groups is 3. The third-order valence-electron chi connectivity index (χ3n) is 14.2. The molecule has 0 aromatic heterocycles. The Kier molecular flexibility index (Phi) is 8.67. The second-order valence-corrected chi connectivity index (χ2v) is 16.7. The average Bonchev–Trinajstić information content (AvgIpc) is 3.36. The monoisotopic (exact) mass is 718 g/mol. The van der Waals surface area contributed by atoms with Crippen molar-refractivity contribution in [2.45, 2.75) is 118 Å². The Hall–Kier alpha value is -3.36. The van der Waals surface area contributed by atoms with Gasteiger partial charge in [0.1, 0.15) is 36.3 Å². The second kappa shape index (κ2) is 11.8. The number of Topliss-reactive ketones (excluding diaryl/α,β-unsaturated/α-hetero) is 1. The summed E-state index contributed by atoms with van der Waals surface area (Å²) in [6.07, 6.45) is -6.20. The lowest BCUT2D eigenvalue weighted by atomic mass is 9.40. The summed E-state index contributed by atoms with van der Waals surface area (Å²) in [7, 11) is 0. The van der Waals surface area contributed by atoms with E-state index in [-0.39, 0.29) is 12.2 Å². The third kappa shape index (κ3) is 4.77. The van der Waals surface area contributed by atoms with Crippen LogP contribution in [0.25, 0.3) is 0 Å². The average molecular weight is 719 g/mol. The van der Waals surface area contributed by atoms with Gasteiger partial charge in [0.2, 0.25) is 0 Å². The standard InChI is InChI=1S/C37H50O14/c1-13-11-21-36(9,37(10,46)33(45)51-21)26-23(13)35(8)24(29(26)47-15(3)38)22-25(30(48-16(4)39)32(35)50-18(6)41)34(7)19(27(43)28(22)44)12-20(42)14(2)31(34)49-17(5)40/h11,13-14,19-20,22-26,28-32,42,44,46H,12H2,1-10H3/t13-,14+,19-,20-,22+,23+,24-,25-,26+,28-,29-,30+,31+,32+,34+,35-,36+,37-/m1/s1. The Bertz CT molecular complexity index is 1600. The van der Waals surface area contributed by atoms with Gasteiger partial charge in [-0.1, -0.05) is 27.7 Å². The summed E-state index contributed by atoms with van der Waals surface area (Å²) in [6.45, 7) is 14.8. The van der Waals surface area contributed by atoms with Crippen LogP contribution in [-0.2, 0) is 52.5 Å². The molecule has 14 nitrogen and oxygen atoms in total. The number of allylic oxidation sites excluding steroid dienone is 1. The highest BCUT2D eigenvalue weighted by molar-refractivity contribution is 5.88. The Labute approximate surface area is 296 Å². The van der Waals surface area contributed by atoms with E-state index in [4.69, 9.17) is 23.7 Å². The van der Waals surface area contributed by atoms with Crippen LogP contribution >= 0.6 is 0 Å². The van der Waals surface area contributed by atoms with Crippen molar-refractivity contribution >= 4 is 35.6 Å². The molecule has 5 fully saturated rings. The summed E-state index contributed by atoms with van der Waals surface area (Å²) in [6, 6.07) is 0. The van der Waals surface area contributed by atoms with Gasteiger partial charge >= 0.3 is 29.8 Å². The molecule has 1 saturated heterocycles. The van der Waals surface area contributed by atoms with E-state index in [1.165, 1.54) is 34.6 Å². The molecule has 51 heavy (non-hydrogen) atoms. The first-order chi connectivity index (χ1) is 23.5. The summed E-state index contributed by atoms with van der Waals surface area (Å²) in [4.78, 5) is 79.9. The molecule has 0 amide bonds. The fraction of sp³-hybridized carbons (Fsp3) is 0.784. The largest absolute Gasteiger partial charge is 0.462 e. The molecule has 18 atom stereocenters. The van der Waals surface area contributed by atoms with Gasteiger partial charge in [0.15, 0.2) is 11.4 Å².